The van der Waals surface area contributed by atoms with Crippen LogP contribution in [-0.4, -0.2) is 10.2 Å². The highest BCUT2D eigenvalue weighted by atomic mass is 32.2. The Morgan fingerprint density at radius 1 is 1.26 bits per heavy atom. The predicted molar refractivity (Wildman–Crippen MR) is 85.5 cm³/mol. The number of nitrogens with one attached hydrogen (secondary N) is 1. The van der Waals surface area contributed by atoms with Crippen molar-refractivity contribution in [3.63, 3.8) is 0 Å². The van der Waals surface area contributed by atoms with E-state index in [1.165, 1.54) is 18.4 Å². The molecule has 1 saturated heterocycles. The van der Waals surface area contributed by atoms with Gasteiger partial charge in [0.2, 0.25) is 0 Å². The number of alkyl halides is 3. The van der Waals surface area contributed by atoms with Gasteiger partial charge in [0.05, 0.1) is 16.7 Å². The van der Waals surface area contributed by atoms with Crippen LogP contribution in [0.15, 0.2) is 45.9 Å². The molecule has 2 aromatic rings. The third-order valence-corrected chi connectivity index (χ3v) is 4.26. The number of halogens is 3. The van der Waals surface area contributed by atoms with Crippen LogP contribution in [-0.2, 0) is 11.0 Å². The molecule has 3 nitrogen and oxygen atoms in total. The molecule has 0 radical (unpaired) electrons. The van der Waals surface area contributed by atoms with Gasteiger partial charge in [0.1, 0.15) is 10.1 Å². The molecule has 2 heterocycles. The third kappa shape index (κ3) is 3.32. The summed E-state index contributed by atoms with van der Waals surface area (Å²) in [5.74, 6) is -0.0573. The van der Waals surface area contributed by atoms with E-state index >= 15 is 0 Å². The summed E-state index contributed by atoms with van der Waals surface area (Å²) in [6.07, 6.45) is -1.60. The second-order valence-electron chi connectivity index (χ2n) is 4.63. The topological polar surface area (TPSA) is 42.2 Å². The lowest BCUT2D eigenvalue weighted by Crippen LogP contribution is -2.17. The fourth-order valence-corrected chi connectivity index (χ4v) is 3.09. The first-order chi connectivity index (χ1) is 10.8. The maximum Gasteiger partial charge on any atom is 0.416 e. The molecule has 0 aliphatic carbocycles. The molecule has 0 saturated carbocycles. The number of carbonyl (C=O) groups excluding carboxylic acids is 1. The molecule has 0 atom stereocenters. The standard InChI is InChI=1S/C15H8F3NO2S2/c16-15(17,18)9-3-1-2-8(6-9)10-4-5-21-11(10)7-12-13(20)19-14(22)23-12/h1-7H,(H,19,20,22). The highest BCUT2D eigenvalue weighted by Crippen LogP contribution is 2.35. The van der Waals surface area contributed by atoms with Crippen LogP contribution in [0.4, 0.5) is 13.2 Å². The smallest absolute Gasteiger partial charge is 0.416 e. The number of thioether (sulfide) groups is 1. The predicted octanol–water partition coefficient (Wildman–Crippen LogP) is 4.45. The molecule has 1 N–H and O–H groups in total. The van der Waals surface area contributed by atoms with Gasteiger partial charge in [-0.2, -0.15) is 13.2 Å². The van der Waals surface area contributed by atoms with Gasteiger partial charge in [-0.1, -0.05) is 36.1 Å². The molecule has 0 unspecified atom stereocenters. The molecule has 3 rings (SSSR count). The van der Waals surface area contributed by atoms with Crippen LogP contribution in [0.5, 0.6) is 0 Å². The number of hydrogen-bond acceptors (Lipinski definition) is 4. The molecule has 1 aromatic heterocycles. The minimum Gasteiger partial charge on any atom is -0.464 e. The molecule has 1 aliphatic heterocycles. The quantitative estimate of drug-likeness (QED) is 0.638. The molecular formula is C15H8F3NO2S2. The van der Waals surface area contributed by atoms with Gasteiger partial charge in [-0.25, -0.2) is 0 Å². The largest absolute Gasteiger partial charge is 0.464 e. The van der Waals surface area contributed by atoms with Crippen LogP contribution in [0.2, 0.25) is 0 Å². The molecule has 23 heavy (non-hydrogen) atoms. The van der Waals surface area contributed by atoms with E-state index in [0.29, 0.717) is 26.1 Å². The van der Waals surface area contributed by atoms with Crippen molar-refractivity contribution in [2.45, 2.75) is 6.18 Å². The van der Waals surface area contributed by atoms with E-state index in [1.54, 1.807) is 12.1 Å². The Balaban J connectivity index is 2.01. The van der Waals surface area contributed by atoms with Crippen LogP contribution >= 0.6 is 24.0 Å². The van der Waals surface area contributed by atoms with E-state index in [2.05, 4.69) is 5.32 Å². The van der Waals surface area contributed by atoms with Crippen molar-refractivity contribution in [3.05, 3.63) is 52.8 Å². The van der Waals surface area contributed by atoms with Crippen molar-refractivity contribution >= 4 is 40.3 Å². The van der Waals surface area contributed by atoms with Gasteiger partial charge in [0.25, 0.3) is 5.91 Å². The number of carbonyl (C=O) groups is 1. The van der Waals surface area contributed by atoms with Crippen molar-refractivity contribution in [2.75, 3.05) is 0 Å². The van der Waals surface area contributed by atoms with Crippen molar-refractivity contribution in [1.29, 1.82) is 0 Å². The van der Waals surface area contributed by atoms with E-state index in [9.17, 15) is 18.0 Å². The highest BCUT2D eigenvalue weighted by molar-refractivity contribution is 8.26. The summed E-state index contributed by atoms with van der Waals surface area (Å²) in [6, 6.07) is 6.47. The summed E-state index contributed by atoms with van der Waals surface area (Å²) < 4.78 is 44.1. The van der Waals surface area contributed by atoms with Gasteiger partial charge in [-0.3, -0.25) is 4.79 Å². The second kappa shape index (κ2) is 5.86. The van der Waals surface area contributed by atoms with E-state index < -0.39 is 11.7 Å². The van der Waals surface area contributed by atoms with Gasteiger partial charge < -0.3 is 9.73 Å². The minimum absolute atomic E-state index is 0.298. The van der Waals surface area contributed by atoms with Crippen LogP contribution in [0.1, 0.15) is 11.3 Å². The number of furan rings is 1. The maximum atomic E-state index is 12.8. The lowest BCUT2D eigenvalue weighted by atomic mass is 10.0. The summed E-state index contributed by atoms with van der Waals surface area (Å²) >= 11 is 5.96. The summed E-state index contributed by atoms with van der Waals surface area (Å²) in [5, 5.41) is 2.46. The highest BCUT2D eigenvalue weighted by Gasteiger charge is 2.30. The van der Waals surface area contributed by atoms with Crippen molar-refractivity contribution in [2.24, 2.45) is 0 Å². The molecule has 1 fully saturated rings. The van der Waals surface area contributed by atoms with Gasteiger partial charge in [0.15, 0.2) is 0 Å². The Morgan fingerprint density at radius 3 is 2.70 bits per heavy atom. The van der Waals surface area contributed by atoms with Crippen molar-refractivity contribution in [1.82, 2.24) is 5.32 Å². The number of benzene rings is 1. The zero-order valence-electron chi connectivity index (χ0n) is 11.3. The lowest BCUT2D eigenvalue weighted by molar-refractivity contribution is -0.137. The van der Waals surface area contributed by atoms with E-state index in [1.807, 2.05) is 0 Å². The summed E-state index contributed by atoms with van der Waals surface area (Å²) in [6.45, 7) is 0. The minimum atomic E-state index is -4.42. The first-order valence-electron chi connectivity index (χ1n) is 6.34. The SMILES string of the molecule is O=C1NC(=S)SC1=Cc1occc1-c1cccc(C(F)(F)F)c1. The zero-order chi connectivity index (χ0) is 16.6. The summed E-state index contributed by atoms with van der Waals surface area (Å²) in [4.78, 5) is 12.0. The molecular weight excluding hydrogens is 347 g/mol. The Hall–Kier alpha value is -2.06. The lowest BCUT2D eigenvalue weighted by Gasteiger charge is -2.08. The Labute approximate surface area is 138 Å². The molecule has 0 spiro atoms. The fraction of sp³-hybridized carbons (Fsp3) is 0.0667. The molecule has 1 aliphatic rings. The second-order valence-corrected chi connectivity index (χ2v) is 6.35. The Bertz CT molecular complexity index is 824. The summed E-state index contributed by atoms with van der Waals surface area (Å²) in [5.41, 5.74) is 0.0743. The average Bonchev–Trinajstić information content (AvgIpc) is 3.05. The van der Waals surface area contributed by atoms with E-state index in [-0.39, 0.29) is 5.91 Å². The Kier molecular flexibility index (Phi) is 4.03. The van der Waals surface area contributed by atoms with Gasteiger partial charge >= 0.3 is 6.18 Å². The van der Waals surface area contributed by atoms with Crippen LogP contribution in [0.3, 0.4) is 0 Å². The summed E-state index contributed by atoms with van der Waals surface area (Å²) in [7, 11) is 0. The number of hydrogen-bond donors (Lipinski definition) is 1. The van der Waals surface area contributed by atoms with Crippen LogP contribution < -0.4 is 5.32 Å². The van der Waals surface area contributed by atoms with Crippen molar-refractivity contribution < 1.29 is 22.4 Å². The van der Waals surface area contributed by atoms with E-state index in [4.69, 9.17) is 16.6 Å². The monoisotopic (exact) mass is 355 g/mol. The number of rotatable bonds is 2. The zero-order valence-corrected chi connectivity index (χ0v) is 12.9. The number of thiocarbonyl (C=S) groups is 1. The van der Waals surface area contributed by atoms with Gasteiger partial charge in [-0.05, 0) is 23.8 Å². The molecule has 1 amide bonds. The Morgan fingerprint density at radius 2 is 2.04 bits per heavy atom. The van der Waals surface area contributed by atoms with Crippen LogP contribution in [0.25, 0.3) is 17.2 Å². The molecule has 0 bridgehead atoms. The normalized spacial score (nSPS) is 16.9. The van der Waals surface area contributed by atoms with E-state index in [0.717, 1.165) is 23.9 Å². The maximum absolute atomic E-state index is 12.8. The molecule has 8 heteroatoms. The molecule has 1 aromatic carbocycles. The molecule has 118 valence electrons. The van der Waals surface area contributed by atoms with Crippen molar-refractivity contribution in [3.8, 4) is 11.1 Å². The van der Waals surface area contributed by atoms with Gasteiger partial charge in [0, 0.05) is 11.6 Å². The third-order valence-electron chi connectivity index (χ3n) is 3.10. The van der Waals surface area contributed by atoms with Crippen LogP contribution in [0, 0.1) is 0 Å². The first-order valence-corrected chi connectivity index (χ1v) is 7.57. The number of amides is 1. The average molecular weight is 355 g/mol. The fourth-order valence-electron chi connectivity index (χ4n) is 2.07. The van der Waals surface area contributed by atoms with Gasteiger partial charge in [-0.15, -0.1) is 0 Å². The first kappa shape index (κ1) is 15.8.